The van der Waals surface area contributed by atoms with Crippen molar-refractivity contribution in [3.63, 3.8) is 0 Å². The van der Waals surface area contributed by atoms with Crippen molar-refractivity contribution in [2.45, 2.75) is 63.7 Å². The molecule has 0 spiro atoms. The van der Waals surface area contributed by atoms with Crippen LogP contribution in [0.4, 0.5) is 26.8 Å². The number of esters is 1. The van der Waals surface area contributed by atoms with Crippen molar-refractivity contribution in [1.29, 1.82) is 0 Å². The highest BCUT2D eigenvalue weighted by Crippen LogP contribution is 2.39. The monoisotopic (exact) mass is 819 g/mol. The number of aromatic carboxylic acids is 1. The molecule has 0 radical (unpaired) electrons. The molecule has 0 unspecified atom stereocenters. The van der Waals surface area contributed by atoms with Crippen LogP contribution < -0.4 is 29.7 Å². The number of hydrogen-bond donors (Lipinski definition) is 4. The molecule has 300 valence electrons. The van der Waals surface area contributed by atoms with Crippen LogP contribution >= 0.6 is 11.6 Å². The van der Waals surface area contributed by atoms with Crippen molar-refractivity contribution in [2.24, 2.45) is 0 Å². The third kappa shape index (κ3) is 10.9. The summed E-state index contributed by atoms with van der Waals surface area (Å²) in [5.41, 5.74) is 0.196. The van der Waals surface area contributed by atoms with Gasteiger partial charge in [0.25, 0.3) is 21.8 Å². The Labute approximate surface area is 325 Å². The van der Waals surface area contributed by atoms with Gasteiger partial charge in [0.1, 0.15) is 16.5 Å². The number of carbonyl (C=O) groups excluding carboxylic acids is 4. The minimum Gasteiger partial charge on any atom is -0.480 e. The highest BCUT2D eigenvalue weighted by atomic mass is 35.5. The van der Waals surface area contributed by atoms with Crippen LogP contribution in [-0.4, -0.2) is 85.1 Å². The van der Waals surface area contributed by atoms with Gasteiger partial charge in [0.05, 0.1) is 29.5 Å². The number of aromatic nitrogens is 3. The number of sulfonamides is 1. The molecule has 56 heavy (non-hydrogen) atoms. The van der Waals surface area contributed by atoms with Gasteiger partial charge in [0.2, 0.25) is 11.9 Å². The van der Waals surface area contributed by atoms with Crippen LogP contribution in [0.15, 0.2) is 52.4 Å². The number of rotatable bonds is 15. The van der Waals surface area contributed by atoms with Gasteiger partial charge in [-0.05, 0) is 57.2 Å². The van der Waals surface area contributed by atoms with Crippen LogP contribution in [0.5, 0.6) is 11.8 Å². The summed E-state index contributed by atoms with van der Waals surface area (Å²) in [5.74, 6) is -4.04. The minimum atomic E-state index is -4.45. The Morgan fingerprint density at radius 1 is 0.964 bits per heavy atom. The predicted octanol–water partition coefficient (Wildman–Crippen LogP) is 4.86. The number of hydrogen-bond acceptors (Lipinski definition) is 14. The molecule has 2 heterocycles. The summed E-state index contributed by atoms with van der Waals surface area (Å²) in [6.07, 6.45) is 5.40. The second-order valence-corrected chi connectivity index (χ2v) is 13.9. The van der Waals surface area contributed by atoms with E-state index in [1.165, 1.54) is 25.2 Å². The van der Waals surface area contributed by atoms with Gasteiger partial charge in [0.15, 0.2) is 6.61 Å². The molecule has 5 rings (SSSR count). The lowest BCUT2D eigenvalue weighted by Gasteiger charge is -2.18. The van der Waals surface area contributed by atoms with Gasteiger partial charge in [0, 0.05) is 24.3 Å². The fourth-order valence-electron chi connectivity index (χ4n) is 5.37. The Morgan fingerprint density at radius 3 is 2.25 bits per heavy atom. The van der Waals surface area contributed by atoms with Crippen LogP contribution in [0.25, 0.3) is 0 Å². The number of benzene rings is 2. The van der Waals surface area contributed by atoms with Crippen molar-refractivity contribution < 1.29 is 56.1 Å². The standard InChI is InChI=1S/C21H23ClFNO5.C14H16N6O6S/c1-2-3-6-9-28-19(25)12-29-18-11-17(16(23)10-15(18)22)24-20(26)13-7-4-5-8-14(13)21(24)27;1-3-26-14-18-11(15-2)16-12(19-14)17-13(23)20-27(24,25)9-7-5-4-6-8(9)10(21)22/h10-11H,2-9,12H2,1H3;4-7H,3H2,1-2H3,(H,21,22)(H3,15,16,17,18,19,20,23). The number of carboxylic acids is 1. The summed E-state index contributed by atoms with van der Waals surface area (Å²) >= 11 is 6.02. The number of ether oxygens (including phenoxy) is 3. The van der Waals surface area contributed by atoms with Gasteiger partial charge in [-0.2, -0.15) is 15.0 Å². The average Bonchev–Trinajstić information content (AvgIpc) is 3.41. The molecule has 0 fully saturated rings. The van der Waals surface area contributed by atoms with Crippen LogP contribution in [0.1, 0.15) is 69.2 Å². The van der Waals surface area contributed by atoms with E-state index in [2.05, 4.69) is 25.6 Å². The average molecular weight is 820 g/mol. The van der Waals surface area contributed by atoms with Crippen LogP contribution in [0.3, 0.4) is 0 Å². The molecule has 1 aliphatic carbocycles. The van der Waals surface area contributed by atoms with Crippen molar-refractivity contribution in [1.82, 2.24) is 19.7 Å². The van der Waals surface area contributed by atoms with Gasteiger partial charge >= 0.3 is 24.0 Å². The lowest BCUT2D eigenvalue weighted by molar-refractivity contribution is -0.146. The maximum Gasteiger partial charge on any atom is 0.344 e. The first-order valence-electron chi connectivity index (χ1n) is 17.3. The van der Waals surface area contributed by atoms with E-state index in [0.29, 0.717) is 30.6 Å². The van der Waals surface area contributed by atoms with Crippen LogP contribution in [-0.2, 0) is 29.1 Å². The van der Waals surface area contributed by atoms with Gasteiger partial charge in [-0.25, -0.2) is 36.8 Å². The van der Waals surface area contributed by atoms with Gasteiger partial charge in [-0.3, -0.25) is 14.9 Å². The van der Waals surface area contributed by atoms with Gasteiger partial charge in [-0.1, -0.05) is 43.5 Å². The Morgan fingerprint density at radius 2 is 1.62 bits per heavy atom. The summed E-state index contributed by atoms with van der Waals surface area (Å²) in [4.78, 5) is 72.2. The molecule has 0 atom stereocenters. The fraction of sp³-hybridized carbons (Fsp3) is 0.371. The Hall–Kier alpha value is -5.89. The number of halogens is 2. The van der Waals surface area contributed by atoms with Crippen molar-refractivity contribution >= 4 is 69.0 Å². The van der Waals surface area contributed by atoms with Crippen molar-refractivity contribution in [3.8, 4) is 11.8 Å². The van der Waals surface area contributed by atoms with E-state index in [1.54, 1.807) is 11.6 Å². The van der Waals surface area contributed by atoms with E-state index < -0.39 is 62.7 Å². The molecule has 1 aliphatic heterocycles. The summed E-state index contributed by atoms with van der Waals surface area (Å²) < 4.78 is 56.4. The second-order valence-electron chi connectivity index (χ2n) is 11.9. The zero-order valence-electron chi connectivity index (χ0n) is 30.5. The first kappa shape index (κ1) is 42.8. The third-order valence-corrected chi connectivity index (χ3v) is 9.64. The molecular weight excluding hydrogens is 781 g/mol. The molecule has 1 aromatic heterocycles. The quantitative estimate of drug-likeness (QED) is 0.0909. The van der Waals surface area contributed by atoms with Gasteiger partial charge in [-0.15, -0.1) is 0 Å². The molecule has 2 aliphatic rings. The SMILES string of the molecule is CCCCCOC(=O)COc1cc(N2C(=O)C3=C(CCCC3)C2=O)c(F)cc1Cl.CCOc1nc(NC)nc(NC(=O)NS(=O)(=O)c2ccccc2C(=O)O)n1. The molecule has 18 nitrogen and oxygen atoms in total. The first-order valence-corrected chi connectivity index (χ1v) is 19.2. The number of anilines is 3. The number of imide groups is 1. The Bertz CT molecular complexity index is 2110. The summed E-state index contributed by atoms with van der Waals surface area (Å²) in [6, 6.07) is 5.74. The molecule has 21 heteroatoms. The van der Waals surface area contributed by atoms with Crippen molar-refractivity contribution in [2.75, 3.05) is 42.4 Å². The number of urea groups is 1. The molecule has 3 aromatic rings. The molecule has 4 amide bonds. The maximum atomic E-state index is 14.5. The van der Waals surface area contributed by atoms with E-state index in [4.69, 9.17) is 30.9 Å². The van der Waals surface area contributed by atoms with Gasteiger partial charge < -0.3 is 24.6 Å². The van der Waals surface area contributed by atoms with E-state index in [9.17, 15) is 36.8 Å². The number of carboxylic acid groups (broad SMARTS) is 1. The highest BCUT2D eigenvalue weighted by Gasteiger charge is 2.41. The largest absolute Gasteiger partial charge is 0.480 e. The zero-order chi connectivity index (χ0) is 41.0. The maximum absolute atomic E-state index is 14.5. The molecule has 0 bridgehead atoms. The smallest absolute Gasteiger partial charge is 0.344 e. The molecule has 0 saturated heterocycles. The zero-order valence-corrected chi connectivity index (χ0v) is 32.1. The van der Waals surface area contributed by atoms with E-state index >= 15 is 0 Å². The van der Waals surface area contributed by atoms with E-state index in [0.717, 1.165) is 55.2 Å². The minimum absolute atomic E-state index is 0.000883. The molecular formula is C35H39ClFN7O11S. The number of nitrogens with one attached hydrogen (secondary N) is 3. The van der Waals surface area contributed by atoms with Crippen LogP contribution in [0.2, 0.25) is 5.02 Å². The number of carbonyl (C=O) groups is 5. The number of unbranched alkanes of at least 4 members (excludes halogenated alkanes) is 2. The van der Waals surface area contributed by atoms with E-state index in [-0.39, 0.29) is 41.0 Å². The molecule has 2 aromatic carbocycles. The summed E-state index contributed by atoms with van der Waals surface area (Å²) in [7, 11) is -2.92. The molecule has 4 N–H and O–H groups in total. The second kappa shape index (κ2) is 19.6. The highest BCUT2D eigenvalue weighted by molar-refractivity contribution is 7.90. The molecule has 0 saturated carbocycles. The number of amides is 4. The van der Waals surface area contributed by atoms with E-state index in [1.807, 2.05) is 6.92 Å². The predicted molar refractivity (Wildman–Crippen MR) is 199 cm³/mol. The topological polar surface area (TPSA) is 245 Å². The lowest BCUT2D eigenvalue weighted by atomic mass is 9.93. The normalized spacial score (nSPS) is 13.6. The number of nitrogens with zero attached hydrogens (tertiary/aromatic N) is 4. The third-order valence-electron chi connectivity index (χ3n) is 7.96. The lowest BCUT2D eigenvalue weighted by Crippen LogP contribution is -2.35. The summed E-state index contributed by atoms with van der Waals surface area (Å²) in [5, 5.41) is 13.8. The Kier molecular flexibility index (Phi) is 15.0. The first-order chi connectivity index (χ1) is 26.7. The summed E-state index contributed by atoms with van der Waals surface area (Å²) in [6.45, 7) is 3.90. The Balaban J connectivity index is 0.000000249. The van der Waals surface area contributed by atoms with Crippen LogP contribution in [0, 0.1) is 5.82 Å². The fourth-order valence-corrected chi connectivity index (χ4v) is 6.69. The van der Waals surface area contributed by atoms with Crippen molar-refractivity contribution in [3.05, 3.63) is 63.9 Å².